The van der Waals surface area contributed by atoms with E-state index in [0.29, 0.717) is 19.2 Å². The van der Waals surface area contributed by atoms with Gasteiger partial charge in [-0.1, -0.05) is 0 Å². The van der Waals surface area contributed by atoms with E-state index in [1.807, 2.05) is 13.8 Å². The van der Waals surface area contributed by atoms with Gasteiger partial charge in [0.15, 0.2) is 0 Å². The Morgan fingerprint density at radius 3 is 2.42 bits per heavy atom. The molecule has 0 saturated carbocycles. The molecular formula is C9H18O3. The molecule has 0 aliphatic carbocycles. The topological polar surface area (TPSA) is 35.5 Å². The van der Waals surface area contributed by atoms with Crippen molar-refractivity contribution in [3.8, 4) is 0 Å². The molecular weight excluding hydrogens is 156 g/mol. The van der Waals surface area contributed by atoms with Crippen molar-refractivity contribution in [3.63, 3.8) is 0 Å². The van der Waals surface area contributed by atoms with Crippen LogP contribution in [0.5, 0.6) is 0 Å². The van der Waals surface area contributed by atoms with E-state index in [1.165, 1.54) is 0 Å². The van der Waals surface area contributed by atoms with Gasteiger partial charge in [-0.25, -0.2) is 0 Å². The maximum atomic E-state index is 9.74. The Balaban J connectivity index is 2.86. The van der Waals surface area contributed by atoms with Crippen LogP contribution in [-0.4, -0.2) is 25.8 Å². The molecule has 0 aromatic heterocycles. The van der Waals surface area contributed by atoms with E-state index < -0.39 is 0 Å². The molecule has 0 aromatic rings. The summed E-state index contributed by atoms with van der Waals surface area (Å²) in [6.45, 7) is 5.87. The summed E-state index contributed by atoms with van der Waals surface area (Å²) in [5.74, 6) is 0. The lowest BCUT2D eigenvalue weighted by molar-refractivity contribution is -0.128. The molecule has 12 heavy (non-hydrogen) atoms. The highest BCUT2D eigenvalue weighted by atomic mass is 16.5. The number of unbranched alkanes of at least 4 members (excludes halogenated alkanes) is 2. The van der Waals surface area contributed by atoms with Crippen LogP contribution in [0.3, 0.4) is 0 Å². The second-order valence-electron chi connectivity index (χ2n) is 2.95. The van der Waals surface area contributed by atoms with E-state index in [9.17, 15) is 4.79 Å². The molecule has 0 N–H and O–H groups in total. The van der Waals surface area contributed by atoms with Gasteiger partial charge in [-0.3, -0.25) is 4.79 Å². The number of ether oxygens (including phenoxy) is 2. The van der Waals surface area contributed by atoms with Crippen LogP contribution in [0.4, 0.5) is 0 Å². The zero-order valence-electron chi connectivity index (χ0n) is 7.91. The van der Waals surface area contributed by atoms with Crippen molar-refractivity contribution in [1.82, 2.24) is 0 Å². The number of hydrogen-bond acceptors (Lipinski definition) is 3. The first-order valence-electron chi connectivity index (χ1n) is 4.44. The van der Waals surface area contributed by atoms with Gasteiger partial charge in [-0.2, -0.15) is 0 Å². The standard InChI is InChI=1S/C9H18O3/c1-9(2)12-7-5-3-4-6-11-8-10/h8-9H,3-7H2,1-2H3. The van der Waals surface area contributed by atoms with Gasteiger partial charge >= 0.3 is 0 Å². The normalized spacial score (nSPS) is 10.2. The van der Waals surface area contributed by atoms with Crippen molar-refractivity contribution >= 4 is 6.47 Å². The summed E-state index contributed by atoms with van der Waals surface area (Å²) < 4.78 is 9.88. The molecule has 3 heteroatoms. The molecule has 0 aromatic carbocycles. The average molecular weight is 174 g/mol. The molecule has 0 spiro atoms. The molecule has 0 rings (SSSR count). The number of carbonyl (C=O) groups excluding carboxylic acids is 1. The molecule has 0 atom stereocenters. The monoisotopic (exact) mass is 174 g/mol. The zero-order chi connectivity index (χ0) is 9.23. The molecule has 0 bridgehead atoms. The van der Waals surface area contributed by atoms with Gasteiger partial charge in [0.2, 0.25) is 0 Å². The Morgan fingerprint density at radius 2 is 1.83 bits per heavy atom. The summed E-state index contributed by atoms with van der Waals surface area (Å²) in [4.78, 5) is 9.74. The summed E-state index contributed by atoms with van der Waals surface area (Å²) in [7, 11) is 0. The minimum absolute atomic E-state index is 0.316. The summed E-state index contributed by atoms with van der Waals surface area (Å²) in [6, 6.07) is 0. The van der Waals surface area contributed by atoms with Crippen LogP contribution in [-0.2, 0) is 14.3 Å². The largest absolute Gasteiger partial charge is 0.468 e. The third kappa shape index (κ3) is 9.43. The van der Waals surface area contributed by atoms with Crippen LogP contribution < -0.4 is 0 Å². The fourth-order valence-electron chi connectivity index (χ4n) is 0.831. The first-order valence-corrected chi connectivity index (χ1v) is 4.44. The van der Waals surface area contributed by atoms with Gasteiger partial charge in [-0.05, 0) is 33.1 Å². The molecule has 0 radical (unpaired) electrons. The SMILES string of the molecule is CC(C)OCCCCCOC=O. The first-order chi connectivity index (χ1) is 5.77. The van der Waals surface area contributed by atoms with Gasteiger partial charge in [0.25, 0.3) is 6.47 Å². The lowest BCUT2D eigenvalue weighted by Crippen LogP contribution is -2.04. The average Bonchev–Trinajstić information content (AvgIpc) is 2.02. The molecule has 0 saturated heterocycles. The molecule has 0 aliphatic rings. The smallest absolute Gasteiger partial charge is 0.293 e. The summed E-state index contributed by atoms with van der Waals surface area (Å²) in [5, 5.41) is 0. The van der Waals surface area contributed by atoms with Gasteiger partial charge in [0.05, 0.1) is 12.7 Å². The molecule has 0 unspecified atom stereocenters. The molecule has 3 nitrogen and oxygen atoms in total. The van der Waals surface area contributed by atoms with E-state index in [1.54, 1.807) is 0 Å². The third-order valence-corrected chi connectivity index (χ3v) is 1.43. The Bertz CT molecular complexity index is 102. The summed E-state index contributed by atoms with van der Waals surface area (Å²) in [6.07, 6.45) is 3.34. The maximum absolute atomic E-state index is 9.74. The van der Waals surface area contributed by atoms with Crippen molar-refractivity contribution in [1.29, 1.82) is 0 Å². The van der Waals surface area contributed by atoms with E-state index in [0.717, 1.165) is 25.9 Å². The quantitative estimate of drug-likeness (QED) is 0.415. The highest BCUT2D eigenvalue weighted by molar-refractivity contribution is 5.36. The van der Waals surface area contributed by atoms with Crippen LogP contribution in [0.15, 0.2) is 0 Å². The van der Waals surface area contributed by atoms with Gasteiger partial charge in [0, 0.05) is 6.61 Å². The Labute approximate surface area is 74.0 Å². The molecule has 0 fully saturated rings. The van der Waals surface area contributed by atoms with Gasteiger partial charge in [0.1, 0.15) is 0 Å². The molecule has 0 aliphatic heterocycles. The number of rotatable bonds is 8. The van der Waals surface area contributed by atoms with Crippen LogP contribution >= 0.6 is 0 Å². The van der Waals surface area contributed by atoms with E-state index in [2.05, 4.69) is 4.74 Å². The van der Waals surface area contributed by atoms with Crippen LogP contribution in [0.2, 0.25) is 0 Å². The first kappa shape index (κ1) is 11.4. The Hall–Kier alpha value is -0.570. The van der Waals surface area contributed by atoms with Crippen LogP contribution in [0.1, 0.15) is 33.1 Å². The van der Waals surface area contributed by atoms with E-state index >= 15 is 0 Å². The molecule has 0 amide bonds. The zero-order valence-corrected chi connectivity index (χ0v) is 7.91. The molecule has 0 heterocycles. The van der Waals surface area contributed by atoms with E-state index in [4.69, 9.17) is 4.74 Å². The van der Waals surface area contributed by atoms with E-state index in [-0.39, 0.29) is 0 Å². The van der Waals surface area contributed by atoms with Crippen molar-refractivity contribution < 1.29 is 14.3 Å². The second kappa shape index (κ2) is 8.53. The predicted molar refractivity (Wildman–Crippen MR) is 47.0 cm³/mol. The summed E-state index contributed by atoms with van der Waals surface area (Å²) in [5.41, 5.74) is 0. The van der Waals surface area contributed by atoms with Gasteiger partial charge in [-0.15, -0.1) is 0 Å². The fraction of sp³-hybridized carbons (Fsp3) is 0.889. The van der Waals surface area contributed by atoms with Crippen molar-refractivity contribution in [3.05, 3.63) is 0 Å². The number of hydrogen-bond donors (Lipinski definition) is 0. The lowest BCUT2D eigenvalue weighted by Gasteiger charge is -2.06. The molecule has 72 valence electrons. The lowest BCUT2D eigenvalue weighted by atomic mass is 10.2. The maximum Gasteiger partial charge on any atom is 0.293 e. The summed E-state index contributed by atoms with van der Waals surface area (Å²) >= 11 is 0. The second-order valence-corrected chi connectivity index (χ2v) is 2.95. The minimum atomic E-state index is 0.316. The highest BCUT2D eigenvalue weighted by Gasteiger charge is 1.93. The number of carbonyl (C=O) groups is 1. The Morgan fingerprint density at radius 1 is 1.17 bits per heavy atom. The van der Waals surface area contributed by atoms with Gasteiger partial charge < -0.3 is 9.47 Å². The minimum Gasteiger partial charge on any atom is -0.468 e. The Kier molecular flexibility index (Phi) is 8.12. The van der Waals surface area contributed by atoms with Crippen LogP contribution in [0, 0.1) is 0 Å². The van der Waals surface area contributed by atoms with Crippen molar-refractivity contribution in [2.75, 3.05) is 13.2 Å². The van der Waals surface area contributed by atoms with Crippen molar-refractivity contribution in [2.45, 2.75) is 39.2 Å². The van der Waals surface area contributed by atoms with Crippen LogP contribution in [0.25, 0.3) is 0 Å². The highest BCUT2D eigenvalue weighted by Crippen LogP contribution is 1.97. The third-order valence-electron chi connectivity index (χ3n) is 1.43. The van der Waals surface area contributed by atoms with Crippen molar-refractivity contribution in [2.24, 2.45) is 0 Å². The fourth-order valence-corrected chi connectivity index (χ4v) is 0.831. The predicted octanol–water partition coefficient (Wildman–Crippen LogP) is 1.75.